The number of thiol groups is 1. The zero-order chi connectivity index (χ0) is 13.8. The number of alkyl halides is 3. The first-order chi connectivity index (χ1) is 8.26. The fraction of sp³-hybridized carbons (Fsp3) is 0.417. The second-order valence-electron chi connectivity index (χ2n) is 4.13. The van der Waals surface area contributed by atoms with E-state index in [0.29, 0.717) is 0 Å². The summed E-state index contributed by atoms with van der Waals surface area (Å²) in [6, 6.07) is 5.98. The summed E-state index contributed by atoms with van der Waals surface area (Å²) < 4.78 is 36.2. The molecule has 1 aromatic carbocycles. The maximum atomic E-state index is 12.1. The topological polar surface area (TPSA) is 29.1 Å². The first-order valence-electron chi connectivity index (χ1n) is 5.40. The van der Waals surface area contributed by atoms with Crippen LogP contribution in [0.2, 0.25) is 0 Å². The Balaban J connectivity index is 2.44. The van der Waals surface area contributed by atoms with Gasteiger partial charge in [-0.3, -0.25) is 4.79 Å². The number of hydrogen-bond donors (Lipinski definition) is 2. The smallest absolute Gasteiger partial charge is 0.353 e. The van der Waals surface area contributed by atoms with E-state index in [2.05, 4.69) is 17.9 Å². The zero-order valence-electron chi connectivity index (χ0n) is 9.79. The number of halogens is 3. The van der Waals surface area contributed by atoms with E-state index in [1.807, 2.05) is 0 Å². The van der Waals surface area contributed by atoms with Gasteiger partial charge >= 0.3 is 6.18 Å². The van der Waals surface area contributed by atoms with Crippen LogP contribution >= 0.6 is 12.6 Å². The molecule has 0 aromatic heterocycles. The van der Waals surface area contributed by atoms with Crippen molar-refractivity contribution in [3.05, 3.63) is 29.8 Å². The van der Waals surface area contributed by atoms with Crippen LogP contribution in [0.5, 0.6) is 0 Å². The molecule has 1 aromatic rings. The van der Waals surface area contributed by atoms with Gasteiger partial charge in [-0.15, -0.1) is 12.6 Å². The Morgan fingerprint density at radius 1 is 1.33 bits per heavy atom. The second kappa shape index (κ2) is 6.13. The third-order valence-electron chi connectivity index (χ3n) is 2.25. The van der Waals surface area contributed by atoms with Crippen LogP contribution in [0.4, 0.5) is 13.2 Å². The van der Waals surface area contributed by atoms with Crippen molar-refractivity contribution >= 4 is 18.5 Å². The van der Waals surface area contributed by atoms with Crippen molar-refractivity contribution in [2.45, 2.75) is 36.9 Å². The van der Waals surface area contributed by atoms with E-state index >= 15 is 0 Å². The van der Waals surface area contributed by atoms with Crippen molar-refractivity contribution in [2.24, 2.45) is 0 Å². The largest absolute Gasteiger partial charge is 0.391 e. The van der Waals surface area contributed by atoms with Crippen LogP contribution in [0, 0.1) is 0 Å². The molecule has 1 N–H and O–H groups in total. The van der Waals surface area contributed by atoms with Crippen LogP contribution in [0.3, 0.4) is 0 Å². The molecule has 1 atom stereocenters. The van der Waals surface area contributed by atoms with Gasteiger partial charge in [-0.05, 0) is 24.6 Å². The molecule has 0 bridgehead atoms. The first-order valence-corrected chi connectivity index (χ1v) is 5.85. The molecule has 0 aliphatic carbocycles. The highest BCUT2D eigenvalue weighted by atomic mass is 32.1. The third kappa shape index (κ3) is 5.95. The number of hydrogen-bond acceptors (Lipinski definition) is 2. The average Bonchev–Trinajstić information content (AvgIpc) is 2.18. The molecule has 6 heteroatoms. The lowest BCUT2D eigenvalue weighted by Gasteiger charge is -2.15. The van der Waals surface area contributed by atoms with E-state index in [-0.39, 0.29) is 6.42 Å². The fourth-order valence-corrected chi connectivity index (χ4v) is 1.67. The van der Waals surface area contributed by atoms with Crippen LogP contribution in [0.1, 0.15) is 18.9 Å². The lowest BCUT2D eigenvalue weighted by molar-refractivity contribution is -0.141. The number of rotatable bonds is 4. The van der Waals surface area contributed by atoms with Gasteiger partial charge in [0.2, 0.25) is 5.91 Å². The lowest BCUT2D eigenvalue weighted by Crippen LogP contribution is -2.36. The Labute approximate surface area is 109 Å². The summed E-state index contributed by atoms with van der Waals surface area (Å²) in [5, 5.41) is 2.32. The minimum Gasteiger partial charge on any atom is -0.353 e. The molecule has 1 amide bonds. The molecule has 2 nitrogen and oxygen atoms in total. The van der Waals surface area contributed by atoms with Gasteiger partial charge in [-0.2, -0.15) is 13.2 Å². The van der Waals surface area contributed by atoms with Gasteiger partial charge in [0.15, 0.2) is 0 Å². The number of carbonyl (C=O) groups is 1. The monoisotopic (exact) mass is 277 g/mol. The van der Waals surface area contributed by atoms with E-state index in [1.165, 1.54) is 6.92 Å². The van der Waals surface area contributed by atoms with E-state index < -0.39 is 24.5 Å². The molecule has 0 radical (unpaired) electrons. The van der Waals surface area contributed by atoms with Gasteiger partial charge in [0, 0.05) is 10.9 Å². The minimum absolute atomic E-state index is 0.0657. The summed E-state index contributed by atoms with van der Waals surface area (Å²) in [5.74, 6) is -0.418. The predicted octanol–water partition coefficient (Wildman–Crippen LogP) is 2.97. The first kappa shape index (κ1) is 14.9. The van der Waals surface area contributed by atoms with Crippen molar-refractivity contribution in [3.8, 4) is 0 Å². The van der Waals surface area contributed by atoms with Crippen molar-refractivity contribution in [1.29, 1.82) is 0 Å². The highest BCUT2D eigenvalue weighted by Crippen LogP contribution is 2.21. The maximum Gasteiger partial charge on any atom is 0.391 e. The zero-order valence-corrected chi connectivity index (χ0v) is 10.7. The predicted molar refractivity (Wildman–Crippen MR) is 65.7 cm³/mol. The van der Waals surface area contributed by atoms with Gasteiger partial charge < -0.3 is 5.32 Å². The molecule has 0 saturated heterocycles. The molecular weight excluding hydrogens is 263 g/mol. The maximum absolute atomic E-state index is 12.1. The van der Waals surface area contributed by atoms with Gasteiger partial charge in [-0.1, -0.05) is 12.1 Å². The molecule has 0 saturated carbocycles. The number of amides is 1. The van der Waals surface area contributed by atoms with Crippen LogP contribution < -0.4 is 5.32 Å². The second-order valence-corrected chi connectivity index (χ2v) is 4.65. The number of nitrogens with one attached hydrogen (secondary N) is 1. The molecule has 100 valence electrons. The fourth-order valence-electron chi connectivity index (χ4n) is 1.52. The standard InChI is InChI=1S/C12H14F3NOS/c1-8(7-12(13,14)15)16-11(17)6-9-2-4-10(18)5-3-9/h2-5,8,18H,6-7H2,1H3,(H,16,17). The van der Waals surface area contributed by atoms with Gasteiger partial charge in [0.1, 0.15) is 0 Å². The summed E-state index contributed by atoms with van der Waals surface area (Å²) in [4.78, 5) is 12.3. The van der Waals surface area contributed by atoms with Gasteiger partial charge in [0.05, 0.1) is 12.8 Å². The van der Waals surface area contributed by atoms with Crippen molar-refractivity contribution < 1.29 is 18.0 Å². The highest BCUT2D eigenvalue weighted by Gasteiger charge is 2.30. The minimum atomic E-state index is -4.26. The Kier molecular flexibility index (Phi) is 5.07. The molecule has 0 spiro atoms. The van der Waals surface area contributed by atoms with Crippen molar-refractivity contribution in [3.63, 3.8) is 0 Å². The van der Waals surface area contributed by atoms with E-state index in [0.717, 1.165) is 10.5 Å². The summed E-state index contributed by atoms with van der Waals surface area (Å²) in [6.07, 6.45) is -5.22. The molecular formula is C12H14F3NOS. The van der Waals surface area contributed by atoms with Crippen LogP contribution in [0.15, 0.2) is 29.2 Å². The number of carbonyl (C=O) groups excluding carboxylic acids is 1. The molecule has 0 fully saturated rings. The average molecular weight is 277 g/mol. The normalized spacial score (nSPS) is 13.2. The van der Waals surface area contributed by atoms with E-state index in [4.69, 9.17) is 0 Å². The molecule has 1 rings (SSSR count). The molecule has 0 aliphatic rings. The summed E-state index contributed by atoms with van der Waals surface area (Å²) in [7, 11) is 0. The van der Waals surface area contributed by atoms with Crippen LogP contribution in [0.25, 0.3) is 0 Å². The van der Waals surface area contributed by atoms with E-state index in [9.17, 15) is 18.0 Å². The Morgan fingerprint density at radius 3 is 2.39 bits per heavy atom. The quantitative estimate of drug-likeness (QED) is 0.814. The SMILES string of the molecule is CC(CC(F)(F)F)NC(=O)Cc1ccc(S)cc1. The number of benzene rings is 1. The molecule has 1 unspecified atom stereocenters. The van der Waals surface area contributed by atoms with Gasteiger partial charge in [0.25, 0.3) is 0 Å². The van der Waals surface area contributed by atoms with Crippen molar-refractivity contribution in [2.75, 3.05) is 0 Å². The molecule has 0 aliphatic heterocycles. The Bertz CT molecular complexity index is 403. The third-order valence-corrected chi connectivity index (χ3v) is 2.54. The van der Waals surface area contributed by atoms with Crippen LogP contribution in [-0.4, -0.2) is 18.1 Å². The van der Waals surface area contributed by atoms with Crippen LogP contribution in [-0.2, 0) is 11.2 Å². The summed E-state index contributed by atoms with van der Waals surface area (Å²) >= 11 is 4.10. The molecule has 18 heavy (non-hydrogen) atoms. The summed E-state index contributed by atoms with van der Waals surface area (Å²) in [6.45, 7) is 1.34. The van der Waals surface area contributed by atoms with Crippen molar-refractivity contribution in [1.82, 2.24) is 5.32 Å². The summed E-state index contributed by atoms with van der Waals surface area (Å²) in [5.41, 5.74) is 0.740. The Morgan fingerprint density at radius 2 is 1.89 bits per heavy atom. The highest BCUT2D eigenvalue weighted by molar-refractivity contribution is 7.80. The molecule has 0 heterocycles. The van der Waals surface area contributed by atoms with E-state index in [1.54, 1.807) is 24.3 Å². The van der Waals surface area contributed by atoms with Gasteiger partial charge in [-0.25, -0.2) is 0 Å². The lowest BCUT2D eigenvalue weighted by atomic mass is 10.1. The Hall–Kier alpha value is -1.17.